The highest BCUT2D eigenvalue weighted by molar-refractivity contribution is 7.92. The van der Waals surface area contributed by atoms with E-state index in [0.717, 1.165) is 16.5 Å². The lowest BCUT2D eigenvalue weighted by Gasteiger charge is -2.20. The van der Waals surface area contributed by atoms with Crippen LogP contribution in [0.25, 0.3) is 10.8 Å². The molecule has 0 fully saturated rings. The molecular weight excluding hydrogens is 408 g/mol. The first-order valence-corrected chi connectivity index (χ1v) is 11.2. The Kier molecular flexibility index (Phi) is 5.48. The van der Waals surface area contributed by atoms with Crippen LogP contribution in [0.4, 0.5) is 11.4 Å². The Labute approximate surface area is 182 Å². The highest BCUT2D eigenvalue weighted by atomic mass is 32.2. The molecule has 0 N–H and O–H groups in total. The van der Waals surface area contributed by atoms with Gasteiger partial charge in [-0.05, 0) is 59.3 Å². The smallest absolute Gasteiger partial charge is 0.264 e. The molecule has 0 aliphatic heterocycles. The highest BCUT2D eigenvalue weighted by Crippen LogP contribution is 2.24. The number of fused-ring (bicyclic) bond motifs is 1. The maximum atomic E-state index is 13.0. The molecular formula is C25H22N2O3S. The number of rotatable bonds is 5. The summed E-state index contributed by atoms with van der Waals surface area (Å²) in [5.74, 6) is -0.212. The van der Waals surface area contributed by atoms with Gasteiger partial charge < -0.3 is 4.90 Å². The van der Waals surface area contributed by atoms with Crippen molar-refractivity contribution in [3.8, 4) is 0 Å². The number of anilines is 2. The summed E-state index contributed by atoms with van der Waals surface area (Å²) in [6, 6.07) is 28.7. The Morgan fingerprint density at radius 2 is 1.29 bits per heavy atom. The minimum atomic E-state index is -3.72. The van der Waals surface area contributed by atoms with Gasteiger partial charge in [0.05, 0.1) is 10.6 Å². The van der Waals surface area contributed by atoms with E-state index in [9.17, 15) is 13.2 Å². The summed E-state index contributed by atoms with van der Waals surface area (Å²) in [7, 11) is -0.503. The van der Waals surface area contributed by atoms with Gasteiger partial charge in [-0.3, -0.25) is 9.10 Å². The van der Waals surface area contributed by atoms with Crippen molar-refractivity contribution in [2.75, 3.05) is 23.3 Å². The van der Waals surface area contributed by atoms with Crippen molar-refractivity contribution >= 4 is 38.1 Å². The largest absolute Gasteiger partial charge is 0.311 e. The topological polar surface area (TPSA) is 57.7 Å². The third kappa shape index (κ3) is 4.02. The van der Waals surface area contributed by atoms with E-state index in [0.29, 0.717) is 11.3 Å². The summed E-state index contributed by atoms with van der Waals surface area (Å²) in [5, 5.41) is 2.15. The van der Waals surface area contributed by atoms with Gasteiger partial charge >= 0.3 is 0 Å². The van der Waals surface area contributed by atoms with Crippen LogP contribution in [0.5, 0.6) is 0 Å². The van der Waals surface area contributed by atoms with Crippen LogP contribution in [0.15, 0.2) is 102 Å². The minimum absolute atomic E-state index is 0.128. The molecule has 0 aromatic heterocycles. The first-order valence-electron chi connectivity index (χ1n) is 9.79. The van der Waals surface area contributed by atoms with Crippen molar-refractivity contribution < 1.29 is 13.2 Å². The molecule has 6 heteroatoms. The lowest BCUT2D eigenvalue weighted by molar-refractivity contribution is 0.0993. The van der Waals surface area contributed by atoms with E-state index >= 15 is 0 Å². The van der Waals surface area contributed by atoms with Crippen LogP contribution < -0.4 is 9.21 Å². The number of sulfonamides is 1. The Hall–Kier alpha value is -3.64. The zero-order valence-electron chi connectivity index (χ0n) is 17.3. The lowest BCUT2D eigenvalue weighted by Crippen LogP contribution is -2.27. The van der Waals surface area contributed by atoms with Gasteiger partial charge in [-0.2, -0.15) is 0 Å². The SMILES string of the molecule is CN(C(=O)c1ccc(S(=O)(=O)N(C)c2ccccc2)cc1)c1ccc2ccccc2c1. The molecule has 4 rings (SSSR count). The summed E-state index contributed by atoms with van der Waals surface area (Å²) >= 11 is 0. The molecule has 31 heavy (non-hydrogen) atoms. The van der Waals surface area contributed by atoms with Gasteiger partial charge in [-0.25, -0.2) is 8.42 Å². The second kappa shape index (κ2) is 8.24. The molecule has 4 aromatic carbocycles. The van der Waals surface area contributed by atoms with Crippen molar-refractivity contribution in [2.24, 2.45) is 0 Å². The van der Waals surface area contributed by atoms with E-state index in [2.05, 4.69) is 0 Å². The summed E-state index contributed by atoms with van der Waals surface area (Å²) in [6.07, 6.45) is 0. The Morgan fingerprint density at radius 3 is 1.97 bits per heavy atom. The van der Waals surface area contributed by atoms with Gasteiger partial charge in [0.25, 0.3) is 15.9 Å². The van der Waals surface area contributed by atoms with Crippen LogP contribution in [0.1, 0.15) is 10.4 Å². The Balaban J connectivity index is 1.57. The van der Waals surface area contributed by atoms with E-state index in [-0.39, 0.29) is 10.8 Å². The third-order valence-electron chi connectivity index (χ3n) is 5.30. The number of para-hydroxylation sites is 1. The van der Waals surface area contributed by atoms with Crippen LogP contribution in [0, 0.1) is 0 Å². The van der Waals surface area contributed by atoms with E-state index in [4.69, 9.17) is 0 Å². The Bertz CT molecular complexity index is 1330. The average Bonchev–Trinajstić information content (AvgIpc) is 2.83. The molecule has 0 radical (unpaired) electrons. The summed E-state index contributed by atoms with van der Waals surface area (Å²) < 4.78 is 27.1. The van der Waals surface area contributed by atoms with Crippen LogP contribution in [0.2, 0.25) is 0 Å². The summed E-state index contributed by atoms with van der Waals surface area (Å²) in [5.41, 5.74) is 1.75. The number of hydrogen-bond acceptors (Lipinski definition) is 3. The van der Waals surface area contributed by atoms with Crippen LogP contribution >= 0.6 is 0 Å². The summed E-state index contributed by atoms with van der Waals surface area (Å²) in [6.45, 7) is 0. The van der Waals surface area contributed by atoms with Gasteiger partial charge in [0.1, 0.15) is 0 Å². The maximum Gasteiger partial charge on any atom is 0.264 e. The molecule has 5 nitrogen and oxygen atoms in total. The van der Waals surface area contributed by atoms with Gasteiger partial charge in [0.15, 0.2) is 0 Å². The number of carbonyl (C=O) groups excluding carboxylic acids is 1. The van der Waals surface area contributed by atoms with Gasteiger partial charge in [0, 0.05) is 25.3 Å². The number of nitrogens with zero attached hydrogens (tertiary/aromatic N) is 2. The third-order valence-corrected chi connectivity index (χ3v) is 7.10. The monoisotopic (exact) mass is 430 g/mol. The van der Waals surface area contributed by atoms with Crippen molar-refractivity contribution in [3.05, 3.63) is 103 Å². The van der Waals surface area contributed by atoms with Crippen LogP contribution in [0.3, 0.4) is 0 Å². The second-order valence-corrected chi connectivity index (χ2v) is 9.20. The summed E-state index contributed by atoms with van der Waals surface area (Å²) in [4.78, 5) is 14.7. The Morgan fingerprint density at radius 1 is 0.677 bits per heavy atom. The van der Waals surface area contributed by atoms with Crippen LogP contribution in [-0.4, -0.2) is 28.4 Å². The molecule has 0 saturated carbocycles. The predicted molar refractivity (Wildman–Crippen MR) is 125 cm³/mol. The number of benzene rings is 4. The average molecular weight is 431 g/mol. The molecule has 0 unspecified atom stereocenters. The van der Waals surface area contributed by atoms with Crippen molar-refractivity contribution in [1.29, 1.82) is 0 Å². The zero-order chi connectivity index (χ0) is 22.0. The van der Waals surface area contributed by atoms with Crippen molar-refractivity contribution in [2.45, 2.75) is 4.90 Å². The molecule has 0 bridgehead atoms. The quantitative estimate of drug-likeness (QED) is 0.451. The second-order valence-electron chi connectivity index (χ2n) is 7.23. The van der Waals surface area contributed by atoms with Gasteiger partial charge in [-0.1, -0.05) is 48.5 Å². The first kappa shape index (κ1) is 20.6. The molecule has 0 saturated heterocycles. The fourth-order valence-corrected chi connectivity index (χ4v) is 4.60. The van der Waals surface area contributed by atoms with E-state index in [1.165, 1.54) is 23.5 Å². The number of hydrogen-bond donors (Lipinski definition) is 0. The lowest BCUT2D eigenvalue weighted by atomic mass is 10.1. The van der Waals surface area contributed by atoms with E-state index < -0.39 is 10.0 Å². The zero-order valence-corrected chi connectivity index (χ0v) is 18.1. The number of amides is 1. The highest BCUT2D eigenvalue weighted by Gasteiger charge is 2.22. The molecule has 1 amide bonds. The number of carbonyl (C=O) groups is 1. The molecule has 0 atom stereocenters. The molecule has 0 spiro atoms. The first-order chi connectivity index (χ1) is 14.9. The predicted octanol–water partition coefficient (Wildman–Crippen LogP) is 4.94. The van der Waals surface area contributed by atoms with Crippen molar-refractivity contribution in [3.63, 3.8) is 0 Å². The van der Waals surface area contributed by atoms with E-state index in [1.807, 2.05) is 48.5 Å². The van der Waals surface area contributed by atoms with Crippen molar-refractivity contribution in [1.82, 2.24) is 0 Å². The van der Waals surface area contributed by atoms with Gasteiger partial charge in [-0.15, -0.1) is 0 Å². The standard InChI is InChI=1S/C25H22N2O3S/c1-26(23-15-12-19-8-6-7-9-21(19)18-23)25(28)20-13-16-24(17-14-20)31(29,30)27(2)22-10-4-3-5-11-22/h3-18H,1-2H3. The van der Waals surface area contributed by atoms with Gasteiger partial charge in [0.2, 0.25) is 0 Å². The molecule has 156 valence electrons. The maximum absolute atomic E-state index is 13.0. The normalized spacial score (nSPS) is 11.3. The minimum Gasteiger partial charge on any atom is -0.311 e. The van der Waals surface area contributed by atoms with Crippen LogP contribution in [-0.2, 0) is 10.0 Å². The molecule has 0 aliphatic carbocycles. The molecule has 0 aliphatic rings. The molecule has 4 aromatic rings. The molecule has 0 heterocycles. The fraction of sp³-hybridized carbons (Fsp3) is 0.0800. The van der Waals surface area contributed by atoms with E-state index in [1.54, 1.807) is 48.3 Å². The fourth-order valence-electron chi connectivity index (χ4n) is 3.40.